The molecule has 1 aliphatic rings. The van der Waals surface area contributed by atoms with Crippen LogP contribution in [0.3, 0.4) is 0 Å². The van der Waals surface area contributed by atoms with Crippen molar-refractivity contribution >= 4 is 87.6 Å². The Kier molecular flexibility index (Phi) is 12.8. The van der Waals surface area contributed by atoms with Gasteiger partial charge in [0.2, 0.25) is 0 Å². The highest BCUT2D eigenvalue weighted by Gasteiger charge is 2.52. The molecule has 1 heterocycles. The first-order valence-electron chi connectivity index (χ1n) is 15.0. The lowest BCUT2D eigenvalue weighted by Gasteiger charge is -2.44. The number of esters is 4. The number of halogens is 4. The van der Waals surface area contributed by atoms with E-state index in [2.05, 4.69) is 63.7 Å². The van der Waals surface area contributed by atoms with Gasteiger partial charge in [-0.25, -0.2) is 19.2 Å². The highest BCUT2D eigenvalue weighted by molar-refractivity contribution is 9.11. The lowest BCUT2D eigenvalue weighted by atomic mass is 9.92. The SMILES string of the molecule is CC[C@H]1O[C@H](COC(=O)c2ccc(Br)cc2)[C@@H](OC(=O)c2ccc(Br)cc2)[C@H](OC(=O)c2ccc(Br)cc2)[C@H]1OC(=O)c1ccc(Br)cc1. The van der Waals surface area contributed by atoms with E-state index in [4.69, 9.17) is 23.7 Å². The first-order chi connectivity index (χ1) is 23.5. The van der Waals surface area contributed by atoms with Crippen LogP contribution in [0.4, 0.5) is 0 Å². The Morgan fingerprint density at radius 3 is 1.14 bits per heavy atom. The minimum atomic E-state index is -1.38. The monoisotopic (exact) mass is 920 g/mol. The van der Waals surface area contributed by atoms with Crippen LogP contribution in [0.1, 0.15) is 54.8 Å². The summed E-state index contributed by atoms with van der Waals surface area (Å²) in [5, 5.41) is 0. The highest BCUT2D eigenvalue weighted by Crippen LogP contribution is 2.33. The van der Waals surface area contributed by atoms with Crippen LogP contribution in [0.2, 0.25) is 0 Å². The van der Waals surface area contributed by atoms with Crippen molar-refractivity contribution in [1.82, 2.24) is 0 Å². The smallest absolute Gasteiger partial charge is 0.338 e. The van der Waals surface area contributed by atoms with Crippen LogP contribution in [0, 0.1) is 0 Å². The second kappa shape index (κ2) is 17.0. The van der Waals surface area contributed by atoms with Gasteiger partial charge in [0.1, 0.15) is 12.7 Å². The molecule has 1 fully saturated rings. The lowest BCUT2D eigenvalue weighted by Crippen LogP contribution is -2.62. The zero-order valence-electron chi connectivity index (χ0n) is 25.7. The molecule has 49 heavy (non-hydrogen) atoms. The van der Waals surface area contributed by atoms with E-state index in [0.29, 0.717) is 6.42 Å². The molecule has 0 radical (unpaired) electrons. The van der Waals surface area contributed by atoms with Crippen molar-refractivity contribution in [3.05, 3.63) is 137 Å². The summed E-state index contributed by atoms with van der Waals surface area (Å²) >= 11 is 13.4. The number of hydrogen-bond donors (Lipinski definition) is 0. The molecule has 0 spiro atoms. The molecule has 0 aromatic heterocycles. The maximum atomic E-state index is 13.6. The third kappa shape index (κ3) is 9.66. The van der Waals surface area contributed by atoms with E-state index in [-0.39, 0.29) is 28.9 Å². The number of rotatable bonds is 10. The van der Waals surface area contributed by atoms with E-state index >= 15 is 0 Å². The quantitative estimate of drug-likeness (QED) is 0.114. The summed E-state index contributed by atoms with van der Waals surface area (Å²) in [5.74, 6) is -2.87. The Morgan fingerprint density at radius 2 is 0.796 bits per heavy atom. The van der Waals surface area contributed by atoms with Gasteiger partial charge in [-0.3, -0.25) is 0 Å². The summed E-state index contributed by atoms with van der Waals surface area (Å²) in [4.78, 5) is 53.7. The number of ether oxygens (including phenoxy) is 5. The zero-order valence-corrected chi connectivity index (χ0v) is 32.1. The van der Waals surface area contributed by atoms with Gasteiger partial charge in [0, 0.05) is 17.9 Å². The fourth-order valence-corrected chi connectivity index (χ4v) is 6.09. The van der Waals surface area contributed by atoms with Gasteiger partial charge in [-0.2, -0.15) is 0 Å². The van der Waals surface area contributed by atoms with Gasteiger partial charge >= 0.3 is 23.9 Å². The molecule has 0 unspecified atom stereocenters. The molecule has 254 valence electrons. The van der Waals surface area contributed by atoms with Gasteiger partial charge in [0.05, 0.1) is 28.4 Å². The van der Waals surface area contributed by atoms with E-state index in [1.165, 1.54) is 0 Å². The zero-order chi connectivity index (χ0) is 35.1. The molecule has 4 aromatic carbocycles. The summed E-state index contributed by atoms with van der Waals surface area (Å²) in [6, 6.07) is 26.1. The predicted octanol–water partition coefficient (Wildman–Crippen LogP) is 8.75. The summed E-state index contributed by atoms with van der Waals surface area (Å²) in [6.45, 7) is 1.43. The number of carbonyl (C=O) groups excluding carboxylic acids is 4. The number of benzene rings is 4. The molecular weight excluding hydrogens is 896 g/mol. The minimum Gasteiger partial charge on any atom is -0.459 e. The number of carbonyl (C=O) groups is 4. The summed E-state index contributed by atoms with van der Waals surface area (Å²) < 4.78 is 33.1. The van der Waals surface area contributed by atoms with Gasteiger partial charge in [-0.15, -0.1) is 0 Å². The summed E-state index contributed by atoms with van der Waals surface area (Å²) in [7, 11) is 0. The topological polar surface area (TPSA) is 114 Å². The molecule has 5 rings (SSSR count). The van der Waals surface area contributed by atoms with Crippen LogP contribution >= 0.6 is 63.7 Å². The molecule has 13 heteroatoms. The van der Waals surface area contributed by atoms with Crippen molar-refractivity contribution in [2.75, 3.05) is 6.61 Å². The first kappa shape index (κ1) is 36.9. The van der Waals surface area contributed by atoms with Crippen LogP contribution in [-0.2, 0) is 23.7 Å². The third-order valence-corrected chi connectivity index (χ3v) is 9.67. The van der Waals surface area contributed by atoms with Crippen LogP contribution in [-0.4, -0.2) is 61.0 Å². The van der Waals surface area contributed by atoms with Gasteiger partial charge in [-0.05, 0) is 103 Å². The maximum Gasteiger partial charge on any atom is 0.338 e. The molecular formula is C36H28Br4O9. The van der Waals surface area contributed by atoms with Crippen molar-refractivity contribution in [3.63, 3.8) is 0 Å². The van der Waals surface area contributed by atoms with Crippen LogP contribution in [0.25, 0.3) is 0 Å². The maximum absolute atomic E-state index is 13.6. The average molecular weight is 924 g/mol. The standard InChI is InChI=1S/C36H28Br4O9/c1-2-28-30(47-34(42)21-5-13-25(38)14-6-21)32(49-36(44)23-9-17-27(40)18-10-23)31(48-35(43)22-7-15-26(39)16-8-22)29(46-28)19-45-33(41)20-3-11-24(37)12-4-20/h3-18,28-32H,2,19H2,1H3/t28-,29-,30+,31-,32-/m1/s1. The average Bonchev–Trinajstić information content (AvgIpc) is 3.10. The van der Waals surface area contributed by atoms with Crippen LogP contribution in [0.5, 0.6) is 0 Å². The third-order valence-electron chi connectivity index (χ3n) is 7.56. The highest BCUT2D eigenvalue weighted by atomic mass is 79.9. The Bertz CT molecular complexity index is 1780. The molecule has 1 aliphatic heterocycles. The molecule has 0 bridgehead atoms. The fraction of sp³-hybridized carbons (Fsp3) is 0.222. The molecule has 0 amide bonds. The lowest BCUT2D eigenvalue weighted by molar-refractivity contribution is -0.229. The van der Waals surface area contributed by atoms with Crippen LogP contribution < -0.4 is 0 Å². The largest absolute Gasteiger partial charge is 0.459 e. The van der Waals surface area contributed by atoms with E-state index in [1.807, 2.05) is 0 Å². The second-order valence-electron chi connectivity index (χ2n) is 10.9. The summed E-state index contributed by atoms with van der Waals surface area (Å²) in [5.41, 5.74) is 0.934. The van der Waals surface area contributed by atoms with Crippen molar-refractivity contribution < 1.29 is 42.9 Å². The fourth-order valence-electron chi connectivity index (χ4n) is 5.03. The normalized spacial score (nSPS) is 20.1. The summed E-state index contributed by atoms with van der Waals surface area (Å²) in [6.07, 6.45) is -5.63. The molecule has 9 nitrogen and oxygen atoms in total. The predicted molar refractivity (Wildman–Crippen MR) is 193 cm³/mol. The molecule has 0 aliphatic carbocycles. The van der Waals surface area contributed by atoms with E-state index in [0.717, 1.165) is 17.9 Å². The van der Waals surface area contributed by atoms with Gasteiger partial charge < -0.3 is 23.7 Å². The van der Waals surface area contributed by atoms with E-state index in [1.54, 1.807) is 104 Å². The van der Waals surface area contributed by atoms with Crippen molar-refractivity contribution in [2.24, 2.45) is 0 Å². The molecule has 5 atom stereocenters. The first-order valence-corrected chi connectivity index (χ1v) is 18.2. The van der Waals surface area contributed by atoms with E-state index < -0.39 is 54.4 Å². The minimum absolute atomic E-state index is 0.202. The van der Waals surface area contributed by atoms with Crippen molar-refractivity contribution in [3.8, 4) is 0 Å². The molecule has 4 aromatic rings. The second-order valence-corrected chi connectivity index (χ2v) is 14.5. The molecule has 1 saturated heterocycles. The van der Waals surface area contributed by atoms with Gasteiger partial charge in [0.25, 0.3) is 0 Å². The Balaban J connectivity index is 1.51. The number of hydrogen-bond acceptors (Lipinski definition) is 9. The van der Waals surface area contributed by atoms with E-state index in [9.17, 15) is 19.2 Å². The molecule has 0 saturated carbocycles. The molecule has 0 N–H and O–H groups in total. The van der Waals surface area contributed by atoms with Gasteiger partial charge in [0.15, 0.2) is 18.3 Å². The Hall–Kier alpha value is -3.36. The van der Waals surface area contributed by atoms with Gasteiger partial charge in [-0.1, -0.05) is 70.6 Å². The Labute approximate surface area is 316 Å². The van der Waals surface area contributed by atoms with Crippen molar-refractivity contribution in [1.29, 1.82) is 0 Å². The Morgan fingerprint density at radius 1 is 0.490 bits per heavy atom. The van der Waals surface area contributed by atoms with Crippen LogP contribution in [0.15, 0.2) is 115 Å². The van der Waals surface area contributed by atoms with Crippen molar-refractivity contribution in [2.45, 2.75) is 43.9 Å².